The summed E-state index contributed by atoms with van der Waals surface area (Å²) >= 11 is 4.83. The molecule has 0 radical (unpaired) electrons. The molecule has 1 saturated heterocycles. The van der Waals surface area contributed by atoms with Gasteiger partial charge in [0.05, 0.1) is 3.79 Å². The third-order valence-electron chi connectivity index (χ3n) is 3.16. The molecule has 2 heterocycles. The minimum Gasteiger partial charge on any atom is -0.295 e. The van der Waals surface area contributed by atoms with Gasteiger partial charge < -0.3 is 0 Å². The van der Waals surface area contributed by atoms with Crippen LogP contribution in [-0.2, 0) is 14.4 Å². The van der Waals surface area contributed by atoms with E-state index in [1.165, 1.54) is 16.2 Å². The number of amides is 3. The lowest BCUT2D eigenvalue weighted by molar-refractivity contribution is -0.138. The number of imide groups is 1. The quantitative estimate of drug-likeness (QED) is 0.382. The molecule has 1 N–H and O–H groups in total. The van der Waals surface area contributed by atoms with Gasteiger partial charge in [0, 0.05) is 6.42 Å². The number of hydrogen-bond acceptors (Lipinski definition) is 5. The number of amidine groups is 1. The van der Waals surface area contributed by atoms with E-state index in [9.17, 15) is 14.4 Å². The van der Waals surface area contributed by atoms with Crippen molar-refractivity contribution in [2.75, 3.05) is 0 Å². The first-order valence-electron chi connectivity index (χ1n) is 6.31. The second-order valence-corrected chi connectivity index (χ2v) is 7.09. The van der Waals surface area contributed by atoms with E-state index < -0.39 is 11.9 Å². The van der Waals surface area contributed by atoms with Gasteiger partial charge in [-0.15, -0.1) is 11.3 Å². The molecular weight excluding hydrogens is 358 g/mol. The van der Waals surface area contributed by atoms with Crippen molar-refractivity contribution in [2.24, 2.45) is 4.99 Å². The Hall–Kier alpha value is -1.54. The number of nitrogens with zero attached hydrogens (tertiary/aromatic N) is 2. The number of nitrogens with one attached hydrogen (secondary N) is 1. The first kappa shape index (κ1) is 15.8. The van der Waals surface area contributed by atoms with Crippen molar-refractivity contribution in [3.63, 3.8) is 0 Å². The summed E-state index contributed by atoms with van der Waals surface area (Å²) in [6.45, 7) is 3.59. The molecular formula is C13H14BrN3O3S. The average Bonchev–Trinajstić information content (AvgIpc) is 2.71. The maximum atomic E-state index is 11.8. The third kappa shape index (κ3) is 3.56. The van der Waals surface area contributed by atoms with Gasteiger partial charge in [0.25, 0.3) is 0 Å². The minimum absolute atomic E-state index is 0.220. The van der Waals surface area contributed by atoms with Gasteiger partial charge in [-0.2, -0.15) is 0 Å². The molecule has 1 aromatic heterocycles. The predicted molar refractivity (Wildman–Crippen MR) is 83.6 cm³/mol. The van der Waals surface area contributed by atoms with Crippen LogP contribution in [0.2, 0.25) is 0 Å². The summed E-state index contributed by atoms with van der Waals surface area (Å²) in [6, 6.07) is 1.25. The molecule has 6 nitrogen and oxygen atoms in total. The Morgan fingerprint density at radius 1 is 1.57 bits per heavy atom. The van der Waals surface area contributed by atoms with Crippen molar-refractivity contribution in [1.29, 1.82) is 0 Å². The highest BCUT2D eigenvalue weighted by Crippen LogP contribution is 2.34. The standard InChI is InChI=1S/C13H14BrN3O3S/c1-7-5-10(14)21-13(7)15-8(2)17(6-18)9-3-4-11(19)16-12(9)20/h5-6,9H,3-4H2,1-2H3,(H,16,19,20)/b15-8-. The van der Waals surface area contributed by atoms with Gasteiger partial charge in [0.2, 0.25) is 18.2 Å². The molecule has 1 aromatic rings. The van der Waals surface area contributed by atoms with Crippen molar-refractivity contribution in [1.82, 2.24) is 10.2 Å². The molecule has 1 atom stereocenters. The number of carbonyl (C=O) groups excluding carboxylic acids is 3. The maximum Gasteiger partial charge on any atom is 0.249 e. The van der Waals surface area contributed by atoms with Crippen LogP contribution in [0.1, 0.15) is 25.3 Å². The molecule has 3 amide bonds. The minimum atomic E-state index is -0.687. The second kappa shape index (κ2) is 6.48. The second-order valence-electron chi connectivity index (χ2n) is 4.68. The van der Waals surface area contributed by atoms with Crippen LogP contribution < -0.4 is 5.32 Å². The fourth-order valence-electron chi connectivity index (χ4n) is 2.07. The van der Waals surface area contributed by atoms with Gasteiger partial charge in [-0.3, -0.25) is 24.6 Å². The summed E-state index contributed by atoms with van der Waals surface area (Å²) in [4.78, 5) is 40.0. The Morgan fingerprint density at radius 3 is 2.81 bits per heavy atom. The SMILES string of the molecule is C/C(=N/c1sc(Br)cc1C)N(C=O)C1CCC(=O)NC1=O. The fraction of sp³-hybridized carbons (Fsp3) is 0.385. The van der Waals surface area contributed by atoms with Crippen LogP contribution in [0.4, 0.5) is 5.00 Å². The zero-order chi connectivity index (χ0) is 15.6. The smallest absolute Gasteiger partial charge is 0.249 e. The van der Waals surface area contributed by atoms with Crippen molar-refractivity contribution >= 4 is 56.3 Å². The van der Waals surface area contributed by atoms with E-state index in [-0.39, 0.29) is 12.3 Å². The van der Waals surface area contributed by atoms with Crippen molar-refractivity contribution < 1.29 is 14.4 Å². The highest BCUT2D eigenvalue weighted by molar-refractivity contribution is 9.11. The summed E-state index contributed by atoms with van der Waals surface area (Å²) < 4.78 is 0.949. The summed E-state index contributed by atoms with van der Waals surface area (Å²) in [7, 11) is 0. The van der Waals surface area contributed by atoms with Gasteiger partial charge in [0.15, 0.2) is 0 Å². The average molecular weight is 372 g/mol. The predicted octanol–water partition coefficient (Wildman–Crippen LogP) is 2.13. The largest absolute Gasteiger partial charge is 0.295 e. The van der Waals surface area contributed by atoms with E-state index in [0.29, 0.717) is 18.7 Å². The van der Waals surface area contributed by atoms with E-state index in [1.54, 1.807) is 6.92 Å². The Bertz CT molecular complexity index is 626. The van der Waals surface area contributed by atoms with Crippen molar-refractivity contribution in [2.45, 2.75) is 32.7 Å². The van der Waals surface area contributed by atoms with Crippen LogP contribution >= 0.6 is 27.3 Å². The summed E-state index contributed by atoms with van der Waals surface area (Å²) in [5.74, 6) is -0.344. The molecule has 2 rings (SSSR count). The highest BCUT2D eigenvalue weighted by atomic mass is 79.9. The van der Waals surface area contributed by atoms with E-state index in [4.69, 9.17) is 0 Å². The zero-order valence-electron chi connectivity index (χ0n) is 11.6. The Morgan fingerprint density at radius 2 is 2.29 bits per heavy atom. The molecule has 1 unspecified atom stereocenters. The number of thiophene rings is 1. The lowest BCUT2D eigenvalue weighted by atomic mass is 10.0. The van der Waals surface area contributed by atoms with Crippen LogP contribution in [0.5, 0.6) is 0 Å². The molecule has 0 aromatic carbocycles. The molecule has 1 fully saturated rings. The number of carbonyl (C=O) groups is 3. The van der Waals surface area contributed by atoms with Crippen LogP contribution in [-0.4, -0.2) is 35.0 Å². The van der Waals surface area contributed by atoms with Crippen molar-refractivity contribution in [3.05, 3.63) is 15.4 Å². The lowest BCUT2D eigenvalue weighted by Crippen LogP contribution is -2.53. The monoisotopic (exact) mass is 371 g/mol. The molecule has 0 aliphatic carbocycles. The molecule has 112 valence electrons. The Labute approximate surface area is 134 Å². The van der Waals surface area contributed by atoms with E-state index in [2.05, 4.69) is 26.2 Å². The molecule has 0 bridgehead atoms. The van der Waals surface area contributed by atoms with Crippen LogP contribution in [0.25, 0.3) is 0 Å². The van der Waals surface area contributed by atoms with Crippen LogP contribution in [0.3, 0.4) is 0 Å². The lowest BCUT2D eigenvalue weighted by Gasteiger charge is -2.29. The normalized spacial score (nSPS) is 19.4. The van der Waals surface area contributed by atoms with Crippen molar-refractivity contribution in [3.8, 4) is 0 Å². The molecule has 0 spiro atoms. The third-order valence-corrected chi connectivity index (χ3v) is 4.79. The summed E-state index contributed by atoms with van der Waals surface area (Å²) in [5.41, 5.74) is 0.986. The number of halogens is 1. The van der Waals surface area contributed by atoms with Gasteiger partial charge in [-0.25, -0.2) is 4.99 Å². The van der Waals surface area contributed by atoms with Gasteiger partial charge in [-0.1, -0.05) is 0 Å². The maximum absolute atomic E-state index is 11.8. The first-order valence-corrected chi connectivity index (χ1v) is 7.92. The van der Waals surface area contributed by atoms with E-state index in [0.717, 1.165) is 14.4 Å². The van der Waals surface area contributed by atoms with Gasteiger partial charge in [0.1, 0.15) is 16.9 Å². The number of rotatable bonds is 3. The molecule has 0 saturated carbocycles. The molecule has 8 heteroatoms. The topological polar surface area (TPSA) is 78.8 Å². The van der Waals surface area contributed by atoms with Gasteiger partial charge in [-0.05, 0) is 47.8 Å². The molecule has 1 aliphatic heterocycles. The highest BCUT2D eigenvalue weighted by Gasteiger charge is 2.32. The molecule has 21 heavy (non-hydrogen) atoms. The van der Waals surface area contributed by atoms with Gasteiger partial charge >= 0.3 is 0 Å². The Kier molecular flexibility index (Phi) is 4.89. The number of aliphatic imine (C=N–C) groups is 1. The first-order chi connectivity index (χ1) is 9.92. The number of hydrogen-bond donors (Lipinski definition) is 1. The summed E-state index contributed by atoms with van der Waals surface area (Å²) in [6.07, 6.45) is 1.11. The zero-order valence-corrected chi connectivity index (χ0v) is 14.0. The number of aryl methyl sites for hydroxylation is 1. The van der Waals surface area contributed by atoms with Crippen LogP contribution in [0.15, 0.2) is 14.8 Å². The summed E-state index contributed by atoms with van der Waals surface area (Å²) in [5, 5.41) is 3.02. The van der Waals surface area contributed by atoms with Crippen LogP contribution in [0, 0.1) is 6.92 Å². The van der Waals surface area contributed by atoms with E-state index >= 15 is 0 Å². The fourth-order valence-corrected chi connectivity index (χ4v) is 3.69. The number of piperidine rings is 1. The molecule has 1 aliphatic rings. The van der Waals surface area contributed by atoms with E-state index in [1.807, 2.05) is 13.0 Å². The Balaban J connectivity index is 2.24.